The van der Waals surface area contributed by atoms with Gasteiger partial charge in [0, 0.05) is 34.4 Å². The van der Waals surface area contributed by atoms with Gasteiger partial charge >= 0.3 is 0 Å². The SMILES string of the molecule is CO[C@H]1C(C(C)O)O[C@H](Sc2cc(Br)cnc2C#N)C(O)C1n1cc(-c2cc(F)c(F)c(F)c2)cn1. The summed E-state index contributed by atoms with van der Waals surface area (Å²) in [4.78, 5) is 4.50. The van der Waals surface area contributed by atoms with Crippen LogP contribution >= 0.6 is 27.7 Å². The van der Waals surface area contributed by atoms with Gasteiger partial charge in [0.2, 0.25) is 0 Å². The Labute approximate surface area is 216 Å². The van der Waals surface area contributed by atoms with E-state index in [4.69, 9.17) is 9.47 Å². The minimum absolute atomic E-state index is 0.0463. The third kappa shape index (κ3) is 5.15. The number of methoxy groups -OCH3 is 1. The molecule has 3 aromatic rings. The van der Waals surface area contributed by atoms with Gasteiger partial charge in [-0.3, -0.25) is 4.68 Å². The maximum Gasteiger partial charge on any atom is 0.194 e. The normalized spacial score (nSPS) is 24.9. The molecule has 0 radical (unpaired) electrons. The molecule has 4 unspecified atom stereocenters. The van der Waals surface area contributed by atoms with E-state index in [1.165, 1.54) is 37.3 Å². The first-order valence-corrected chi connectivity index (χ1v) is 12.3. The number of ether oxygens (including phenoxy) is 2. The van der Waals surface area contributed by atoms with Gasteiger partial charge in [-0.1, -0.05) is 11.8 Å². The summed E-state index contributed by atoms with van der Waals surface area (Å²) in [6.07, 6.45) is 0.151. The van der Waals surface area contributed by atoms with Crippen molar-refractivity contribution in [1.82, 2.24) is 14.8 Å². The molecule has 0 aliphatic carbocycles. The van der Waals surface area contributed by atoms with Crippen LogP contribution in [0, 0.1) is 28.8 Å². The molecule has 36 heavy (non-hydrogen) atoms. The highest BCUT2D eigenvalue weighted by Crippen LogP contribution is 2.41. The second-order valence-corrected chi connectivity index (χ2v) is 10.1. The molecule has 0 saturated carbocycles. The minimum atomic E-state index is -1.58. The first kappa shape index (κ1) is 26.6. The van der Waals surface area contributed by atoms with Crippen molar-refractivity contribution < 1.29 is 32.9 Å². The summed E-state index contributed by atoms with van der Waals surface area (Å²) in [6, 6.07) is 4.42. The predicted octanol–water partition coefficient (Wildman–Crippen LogP) is 3.81. The van der Waals surface area contributed by atoms with E-state index in [1.807, 2.05) is 6.07 Å². The second kappa shape index (κ2) is 10.9. The van der Waals surface area contributed by atoms with Gasteiger partial charge in [0.05, 0.1) is 12.3 Å². The van der Waals surface area contributed by atoms with E-state index < -0.39 is 53.3 Å². The van der Waals surface area contributed by atoms with Crippen LogP contribution in [-0.4, -0.2) is 61.9 Å². The van der Waals surface area contributed by atoms with E-state index in [9.17, 15) is 28.6 Å². The fourth-order valence-corrected chi connectivity index (χ4v) is 5.64. The lowest BCUT2D eigenvalue weighted by molar-refractivity contribution is -0.202. The number of thioether (sulfide) groups is 1. The van der Waals surface area contributed by atoms with Crippen molar-refractivity contribution in [2.24, 2.45) is 0 Å². The Balaban J connectivity index is 1.72. The van der Waals surface area contributed by atoms with Crippen LogP contribution in [0.1, 0.15) is 18.7 Å². The maximum absolute atomic E-state index is 13.8. The Morgan fingerprint density at radius 2 is 1.92 bits per heavy atom. The number of halogens is 4. The van der Waals surface area contributed by atoms with Crippen molar-refractivity contribution >= 4 is 27.7 Å². The van der Waals surface area contributed by atoms with Crippen LogP contribution in [0.4, 0.5) is 13.2 Å². The fourth-order valence-electron chi connectivity index (χ4n) is 4.02. The van der Waals surface area contributed by atoms with Crippen molar-refractivity contribution in [3.8, 4) is 17.2 Å². The van der Waals surface area contributed by atoms with Gasteiger partial charge in [-0.15, -0.1) is 0 Å². The smallest absolute Gasteiger partial charge is 0.194 e. The van der Waals surface area contributed by atoms with Crippen LogP contribution in [0.5, 0.6) is 0 Å². The zero-order chi connectivity index (χ0) is 26.1. The molecule has 4 rings (SSSR count). The number of aromatic nitrogens is 3. The molecule has 8 nitrogen and oxygen atoms in total. The maximum atomic E-state index is 13.8. The van der Waals surface area contributed by atoms with Gasteiger partial charge in [-0.2, -0.15) is 10.4 Å². The van der Waals surface area contributed by atoms with Crippen LogP contribution in [0.15, 0.2) is 46.2 Å². The average molecular weight is 585 g/mol. The molecule has 0 bridgehead atoms. The van der Waals surface area contributed by atoms with Gasteiger partial charge < -0.3 is 19.7 Å². The summed E-state index contributed by atoms with van der Waals surface area (Å²) in [5.74, 6) is -4.27. The third-order valence-corrected chi connectivity index (χ3v) is 7.34. The van der Waals surface area contributed by atoms with E-state index >= 15 is 0 Å². The summed E-state index contributed by atoms with van der Waals surface area (Å²) in [7, 11) is 1.39. The van der Waals surface area contributed by atoms with Gasteiger partial charge in [0.1, 0.15) is 35.9 Å². The summed E-state index contributed by atoms with van der Waals surface area (Å²) in [6.45, 7) is 1.51. The number of benzene rings is 1. The number of pyridine rings is 1. The molecule has 13 heteroatoms. The van der Waals surface area contributed by atoms with E-state index in [0.717, 1.165) is 23.9 Å². The molecule has 0 amide bonds. The molecule has 2 N–H and O–H groups in total. The van der Waals surface area contributed by atoms with Crippen molar-refractivity contribution in [2.45, 2.75) is 47.7 Å². The molecular weight excluding hydrogens is 565 g/mol. The molecule has 1 aliphatic heterocycles. The Morgan fingerprint density at radius 1 is 1.22 bits per heavy atom. The van der Waals surface area contributed by atoms with Gasteiger partial charge in [-0.25, -0.2) is 18.2 Å². The lowest BCUT2D eigenvalue weighted by atomic mass is 9.94. The summed E-state index contributed by atoms with van der Waals surface area (Å²) in [5.41, 5.74) is -0.538. The predicted molar refractivity (Wildman–Crippen MR) is 126 cm³/mol. The van der Waals surface area contributed by atoms with E-state index in [0.29, 0.717) is 9.37 Å². The number of hydrogen-bond donors (Lipinski definition) is 2. The Morgan fingerprint density at radius 3 is 2.53 bits per heavy atom. The van der Waals surface area contributed by atoms with Crippen LogP contribution in [0.25, 0.3) is 11.1 Å². The largest absolute Gasteiger partial charge is 0.391 e. The lowest BCUT2D eigenvalue weighted by Crippen LogP contribution is -2.57. The van der Waals surface area contributed by atoms with E-state index in [2.05, 4.69) is 26.0 Å². The highest BCUT2D eigenvalue weighted by Gasteiger charge is 2.49. The molecule has 1 fully saturated rings. The summed E-state index contributed by atoms with van der Waals surface area (Å²) >= 11 is 4.35. The van der Waals surface area contributed by atoms with Crippen LogP contribution in [0.2, 0.25) is 0 Å². The van der Waals surface area contributed by atoms with Crippen LogP contribution < -0.4 is 0 Å². The van der Waals surface area contributed by atoms with Crippen molar-refractivity contribution in [3.05, 3.63) is 64.4 Å². The molecule has 0 spiro atoms. The number of rotatable bonds is 6. The number of nitrogens with zero attached hydrogens (tertiary/aromatic N) is 4. The minimum Gasteiger partial charge on any atom is -0.391 e. The van der Waals surface area contributed by atoms with Crippen LogP contribution in [0.3, 0.4) is 0 Å². The lowest BCUT2D eigenvalue weighted by Gasteiger charge is -2.45. The Hall–Kier alpha value is -2.47. The topological polar surface area (TPSA) is 113 Å². The van der Waals surface area contributed by atoms with Gasteiger partial charge in [0.15, 0.2) is 23.1 Å². The third-order valence-electron chi connectivity index (χ3n) is 5.72. The zero-order valence-electron chi connectivity index (χ0n) is 18.8. The first-order chi connectivity index (χ1) is 17.1. The Bertz CT molecular complexity index is 1280. The molecule has 1 aliphatic rings. The quantitative estimate of drug-likeness (QED) is 0.420. The monoisotopic (exact) mass is 584 g/mol. The average Bonchev–Trinajstić information content (AvgIpc) is 3.32. The van der Waals surface area contributed by atoms with Gasteiger partial charge in [-0.05, 0) is 46.6 Å². The van der Waals surface area contributed by atoms with E-state index in [-0.39, 0.29) is 16.8 Å². The highest BCUT2D eigenvalue weighted by molar-refractivity contribution is 9.10. The van der Waals surface area contributed by atoms with Crippen molar-refractivity contribution in [1.29, 1.82) is 5.26 Å². The van der Waals surface area contributed by atoms with Crippen molar-refractivity contribution in [2.75, 3.05) is 7.11 Å². The zero-order valence-corrected chi connectivity index (χ0v) is 21.3. The molecule has 1 aromatic carbocycles. The second-order valence-electron chi connectivity index (χ2n) is 8.08. The highest BCUT2D eigenvalue weighted by atomic mass is 79.9. The number of aliphatic hydroxyl groups excluding tert-OH is 2. The molecule has 6 atom stereocenters. The molecule has 2 aromatic heterocycles. The van der Waals surface area contributed by atoms with Crippen LogP contribution in [-0.2, 0) is 9.47 Å². The number of aliphatic hydroxyl groups is 2. The van der Waals surface area contributed by atoms with E-state index in [1.54, 1.807) is 6.07 Å². The standard InChI is InChI=1S/C23H20BrF3N4O4S/c1-10(32)21-22(34-2)19(20(33)23(35-21)36-17-5-13(24)8-29-16(17)6-28)31-9-12(7-30-31)11-3-14(25)18(27)15(26)4-11/h3-5,7-10,19-23,32-33H,1-2H3/t10?,19?,20?,21?,22-,23-/m1/s1. The molecule has 1 saturated heterocycles. The van der Waals surface area contributed by atoms with Crippen molar-refractivity contribution in [3.63, 3.8) is 0 Å². The summed E-state index contributed by atoms with van der Waals surface area (Å²) in [5, 5.41) is 35.4. The fraction of sp³-hybridized carbons (Fsp3) is 0.348. The molecular formula is C23H20BrF3N4O4S. The molecule has 3 heterocycles. The molecule has 190 valence electrons. The first-order valence-electron chi connectivity index (χ1n) is 10.6. The Kier molecular flexibility index (Phi) is 8.03. The van der Waals surface area contributed by atoms with Gasteiger partial charge in [0.25, 0.3) is 0 Å². The number of hydrogen-bond acceptors (Lipinski definition) is 8. The number of nitriles is 1. The summed E-state index contributed by atoms with van der Waals surface area (Å²) < 4.78 is 54.5.